The summed E-state index contributed by atoms with van der Waals surface area (Å²) in [7, 11) is 0. The van der Waals surface area contributed by atoms with Crippen molar-refractivity contribution in [2.75, 3.05) is 0 Å². The fourth-order valence-electron chi connectivity index (χ4n) is 0.289. The average molecular weight is 102 g/mol. The van der Waals surface area contributed by atoms with Gasteiger partial charge in [-0.15, -0.1) is 12.6 Å². The molecule has 0 aromatic carbocycles. The van der Waals surface area contributed by atoms with Gasteiger partial charge in [-0.3, -0.25) is 0 Å². The largest absolute Gasteiger partial charge is 0.149 e. The number of allylic oxidation sites excluding steroid dienone is 1. The Morgan fingerprint density at radius 3 is 2.33 bits per heavy atom. The Morgan fingerprint density at radius 2 is 2.33 bits per heavy atom. The minimum absolute atomic E-state index is 0.984. The van der Waals surface area contributed by atoms with Crippen molar-refractivity contribution in [1.29, 1.82) is 0 Å². The highest BCUT2D eigenvalue weighted by Gasteiger charge is 1.77. The Balaban J connectivity index is 2.83. The van der Waals surface area contributed by atoms with Crippen molar-refractivity contribution in [3.8, 4) is 0 Å². The Hall–Kier alpha value is 0.0900. The molecule has 0 aromatic rings. The third-order valence-corrected chi connectivity index (χ3v) is 0.762. The van der Waals surface area contributed by atoms with Crippen LogP contribution in [-0.4, -0.2) is 0 Å². The van der Waals surface area contributed by atoms with Crippen LogP contribution < -0.4 is 0 Å². The topological polar surface area (TPSA) is 0 Å². The first-order valence-electron chi connectivity index (χ1n) is 2.14. The standard InChI is InChI=1S/C5H10S/c1-3-4-5(2)6/h6H,2-4H2,1H3. The number of hydrogen-bond acceptors (Lipinski definition) is 1. The smallest absolute Gasteiger partial charge is 0.0230 e. The summed E-state index contributed by atoms with van der Waals surface area (Å²) in [5, 5.41) is 0. The summed E-state index contributed by atoms with van der Waals surface area (Å²) in [4.78, 5) is 0.984. The SMILES string of the molecule is C=C(S)CCC. The number of rotatable bonds is 2. The molecule has 0 bridgehead atoms. The monoisotopic (exact) mass is 102 g/mol. The summed E-state index contributed by atoms with van der Waals surface area (Å²) >= 11 is 3.98. The van der Waals surface area contributed by atoms with Crippen LogP contribution >= 0.6 is 12.6 Å². The molecule has 1 heteroatoms. The fraction of sp³-hybridized carbons (Fsp3) is 0.600. The zero-order valence-electron chi connectivity index (χ0n) is 4.07. The van der Waals surface area contributed by atoms with Crippen molar-refractivity contribution in [3.05, 3.63) is 11.5 Å². The van der Waals surface area contributed by atoms with Crippen LogP contribution in [0.15, 0.2) is 11.5 Å². The van der Waals surface area contributed by atoms with Crippen LogP contribution in [0, 0.1) is 0 Å². The summed E-state index contributed by atoms with van der Waals surface area (Å²) in [6.07, 6.45) is 2.20. The van der Waals surface area contributed by atoms with E-state index in [2.05, 4.69) is 26.1 Å². The van der Waals surface area contributed by atoms with E-state index in [0.29, 0.717) is 0 Å². The minimum Gasteiger partial charge on any atom is -0.149 e. The fourth-order valence-corrected chi connectivity index (χ4v) is 0.512. The molecule has 0 aliphatic heterocycles. The Labute approximate surface area is 44.7 Å². The van der Waals surface area contributed by atoms with Crippen LogP contribution in [0.25, 0.3) is 0 Å². The molecular weight excluding hydrogens is 92.1 g/mol. The van der Waals surface area contributed by atoms with Crippen LogP contribution in [0.4, 0.5) is 0 Å². The zero-order valence-corrected chi connectivity index (χ0v) is 4.96. The lowest BCUT2D eigenvalue weighted by molar-refractivity contribution is 0.951. The molecule has 0 atom stereocenters. The van der Waals surface area contributed by atoms with Gasteiger partial charge in [0.15, 0.2) is 0 Å². The van der Waals surface area contributed by atoms with E-state index in [-0.39, 0.29) is 0 Å². The van der Waals surface area contributed by atoms with Gasteiger partial charge in [0.05, 0.1) is 0 Å². The van der Waals surface area contributed by atoms with E-state index in [0.717, 1.165) is 17.7 Å². The van der Waals surface area contributed by atoms with Crippen molar-refractivity contribution in [3.63, 3.8) is 0 Å². The van der Waals surface area contributed by atoms with Gasteiger partial charge >= 0.3 is 0 Å². The van der Waals surface area contributed by atoms with Gasteiger partial charge in [0.25, 0.3) is 0 Å². The van der Waals surface area contributed by atoms with Gasteiger partial charge in [0.2, 0.25) is 0 Å². The molecule has 0 fully saturated rings. The molecule has 36 valence electrons. The molecule has 0 saturated heterocycles. The average Bonchev–Trinajstić information content (AvgIpc) is 1.35. The van der Waals surface area contributed by atoms with Crippen molar-refractivity contribution in [1.82, 2.24) is 0 Å². The summed E-state index contributed by atoms with van der Waals surface area (Å²) in [5.41, 5.74) is 0. The molecule has 0 aliphatic carbocycles. The molecule has 0 heterocycles. The Kier molecular flexibility index (Phi) is 3.34. The van der Waals surface area contributed by atoms with Crippen molar-refractivity contribution >= 4 is 12.6 Å². The maximum Gasteiger partial charge on any atom is -0.0230 e. The molecular formula is C5H10S. The molecule has 0 radical (unpaired) electrons. The highest BCUT2D eigenvalue weighted by molar-refractivity contribution is 7.84. The van der Waals surface area contributed by atoms with Gasteiger partial charge < -0.3 is 0 Å². The quantitative estimate of drug-likeness (QED) is 0.508. The normalized spacial score (nSPS) is 8.33. The van der Waals surface area contributed by atoms with Crippen LogP contribution in [0.5, 0.6) is 0 Å². The highest BCUT2D eigenvalue weighted by atomic mass is 32.1. The third-order valence-electron chi connectivity index (χ3n) is 0.539. The highest BCUT2D eigenvalue weighted by Crippen LogP contribution is 2.03. The van der Waals surface area contributed by atoms with E-state index in [9.17, 15) is 0 Å². The van der Waals surface area contributed by atoms with Gasteiger partial charge in [0.1, 0.15) is 0 Å². The molecule has 0 nitrogen and oxygen atoms in total. The van der Waals surface area contributed by atoms with Crippen LogP contribution in [0.1, 0.15) is 19.8 Å². The first kappa shape index (κ1) is 6.09. The molecule has 0 unspecified atom stereocenters. The van der Waals surface area contributed by atoms with Crippen LogP contribution in [0.3, 0.4) is 0 Å². The Bertz CT molecular complexity index is 47.9. The van der Waals surface area contributed by atoms with E-state index >= 15 is 0 Å². The first-order valence-corrected chi connectivity index (χ1v) is 2.59. The zero-order chi connectivity index (χ0) is 4.99. The molecule has 6 heavy (non-hydrogen) atoms. The lowest BCUT2D eigenvalue weighted by atomic mass is 10.3. The second kappa shape index (κ2) is 3.29. The van der Waals surface area contributed by atoms with Gasteiger partial charge in [0, 0.05) is 0 Å². The Morgan fingerprint density at radius 1 is 1.83 bits per heavy atom. The second-order valence-corrected chi connectivity index (χ2v) is 1.95. The van der Waals surface area contributed by atoms with Crippen molar-refractivity contribution in [2.45, 2.75) is 19.8 Å². The summed E-state index contributed by atoms with van der Waals surface area (Å²) < 4.78 is 0. The lowest BCUT2D eigenvalue weighted by Crippen LogP contribution is -1.63. The van der Waals surface area contributed by atoms with Gasteiger partial charge in [-0.2, -0.15) is 0 Å². The maximum absolute atomic E-state index is 3.98. The van der Waals surface area contributed by atoms with Crippen LogP contribution in [0.2, 0.25) is 0 Å². The van der Waals surface area contributed by atoms with E-state index in [1.807, 2.05) is 0 Å². The molecule has 0 N–H and O–H groups in total. The molecule has 0 saturated carbocycles. The van der Waals surface area contributed by atoms with E-state index in [1.54, 1.807) is 0 Å². The molecule has 0 aromatic heterocycles. The van der Waals surface area contributed by atoms with Gasteiger partial charge in [-0.05, 0) is 11.3 Å². The molecule has 0 rings (SSSR count). The third kappa shape index (κ3) is 4.09. The lowest BCUT2D eigenvalue weighted by Gasteiger charge is -1.86. The minimum atomic E-state index is 0.984. The predicted octanol–water partition coefficient (Wildman–Crippen LogP) is 2.23. The second-order valence-electron chi connectivity index (χ2n) is 1.32. The van der Waals surface area contributed by atoms with Crippen LogP contribution in [-0.2, 0) is 0 Å². The number of thiol groups is 1. The molecule has 0 spiro atoms. The predicted molar refractivity (Wildman–Crippen MR) is 33.0 cm³/mol. The van der Waals surface area contributed by atoms with Crippen molar-refractivity contribution in [2.24, 2.45) is 0 Å². The maximum atomic E-state index is 3.98. The van der Waals surface area contributed by atoms with E-state index in [4.69, 9.17) is 0 Å². The van der Waals surface area contributed by atoms with Crippen molar-refractivity contribution < 1.29 is 0 Å². The van der Waals surface area contributed by atoms with E-state index in [1.165, 1.54) is 0 Å². The summed E-state index contributed by atoms with van der Waals surface area (Å²) in [6, 6.07) is 0. The van der Waals surface area contributed by atoms with Gasteiger partial charge in [-0.1, -0.05) is 19.9 Å². The summed E-state index contributed by atoms with van der Waals surface area (Å²) in [6.45, 7) is 5.72. The number of hydrogen-bond donors (Lipinski definition) is 1. The first-order chi connectivity index (χ1) is 2.77. The van der Waals surface area contributed by atoms with E-state index < -0.39 is 0 Å². The molecule has 0 aliphatic rings. The molecule has 0 amide bonds. The summed E-state index contributed by atoms with van der Waals surface area (Å²) in [5.74, 6) is 0. The van der Waals surface area contributed by atoms with Gasteiger partial charge in [-0.25, -0.2) is 0 Å².